The van der Waals surface area contributed by atoms with Crippen LogP contribution in [0, 0.1) is 13.8 Å². The van der Waals surface area contributed by atoms with Crippen molar-refractivity contribution in [3.8, 4) is 21.1 Å². The second kappa shape index (κ2) is 8.17. The molecule has 9 heteroatoms. The van der Waals surface area contributed by atoms with Crippen molar-refractivity contribution in [3.63, 3.8) is 0 Å². The summed E-state index contributed by atoms with van der Waals surface area (Å²) in [4.78, 5) is 23.2. The number of hydrogen-bond donors (Lipinski definition) is 2. The Morgan fingerprint density at radius 2 is 1.90 bits per heavy atom. The molecule has 0 aliphatic carbocycles. The zero-order valence-corrected chi connectivity index (χ0v) is 19.0. The molecule has 4 rings (SSSR count). The molecule has 1 amide bonds. The fourth-order valence-corrected chi connectivity index (χ4v) is 5.25. The summed E-state index contributed by atoms with van der Waals surface area (Å²) in [5, 5.41) is 11.9. The van der Waals surface area contributed by atoms with Crippen LogP contribution in [0.1, 0.15) is 18.3 Å². The molecule has 0 aliphatic heterocycles. The van der Waals surface area contributed by atoms with E-state index >= 15 is 0 Å². The van der Waals surface area contributed by atoms with E-state index in [1.165, 1.54) is 11.8 Å². The van der Waals surface area contributed by atoms with Crippen LogP contribution in [0.15, 0.2) is 40.2 Å². The molecule has 0 radical (unpaired) electrons. The molecule has 4 heterocycles. The molecular formula is C20H21N5OS3. The fraction of sp³-hybridized carbons (Fsp3) is 0.250. The Balaban J connectivity index is 1.56. The minimum absolute atomic E-state index is 0.0686. The molecule has 0 aromatic carbocycles. The third-order valence-corrected chi connectivity index (χ3v) is 7.37. The van der Waals surface area contributed by atoms with Crippen LogP contribution in [0.3, 0.4) is 0 Å². The van der Waals surface area contributed by atoms with E-state index in [1.54, 1.807) is 27.4 Å². The van der Waals surface area contributed by atoms with Crippen LogP contribution in [0.4, 0.5) is 5.69 Å². The van der Waals surface area contributed by atoms with Crippen molar-refractivity contribution in [1.82, 2.24) is 19.7 Å². The van der Waals surface area contributed by atoms with Gasteiger partial charge in [0.2, 0.25) is 5.91 Å². The monoisotopic (exact) mass is 443 g/mol. The van der Waals surface area contributed by atoms with Gasteiger partial charge in [-0.25, -0.2) is 4.98 Å². The molecule has 0 saturated carbocycles. The maximum Gasteiger partial charge on any atom is 0.237 e. The Morgan fingerprint density at radius 3 is 2.48 bits per heavy atom. The maximum atomic E-state index is 12.8. The summed E-state index contributed by atoms with van der Waals surface area (Å²) >= 11 is 4.75. The summed E-state index contributed by atoms with van der Waals surface area (Å²) in [6.07, 6.45) is 0. The molecule has 2 N–H and O–H groups in total. The quantitative estimate of drug-likeness (QED) is 0.395. The number of aromatic nitrogens is 4. The molecule has 29 heavy (non-hydrogen) atoms. The highest BCUT2D eigenvalue weighted by atomic mass is 32.2. The molecule has 4 aromatic heterocycles. The van der Waals surface area contributed by atoms with Gasteiger partial charge in [-0.05, 0) is 43.7 Å². The lowest BCUT2D eigenvalue weighted by molar-refractivity contribution is -0.115. The molecular weight excluding hydrogens is 422 g/mol. The van der Waals surface area contributed by atoms with E-state index in [1.807, 2.05) is 45.3 Å². The summed E-state index contributed by atoms with van der Waals surface area (Å²) in [7, 11) is 1.87. The standard InChI is InChI=1S/C20H21N5OS3/c1-11-16(12(2)25(4)24-11)21-19(26)13(3)29-20-22-17(14-7-5-9-27-14)18(23-20)15-8-6-10-28-15/h5-10,13H,1-4H3,(H,21,26)(H,22,23)/t13-/m0/s1. The number of thiophene rings is 2. The highest BCUT2D eigenvalue weighted by Crippen LogP contribution is 2.37. The predicted molar refractivity (Wildman–Crippen MR) is 122 cm³/mol. The zero-order chi connectivity index (χ0) is 20.5. The third kappa shape index (κ3) is 4.03. The van der Waals surface area contributed by atoms with Gasteiger partial charge in [-0.1, -0.05) is 23.9 Å². The summed E-state index contributed by atoms with van der Waals surface area (Å²) < 4.78 is 1.77. The first-order valence-electron chi connectivity index (χ1n) is 9.09. The zero-order valence-electron chi connectivity index (χ0n) is 16.5. The van der Waals surface area contributed by atoms with Gasteiger partial charge in [0.1, 0.15) is 5.69 Å². The van der Waals surface area contributed by atoms with Gasteiger partial charge in [0.15, 0.2) is 5.16 Å². The number of imidazole rings is 1. The number of nitrogens with zero attached hydrogens (tertiary/aromatic N) is 3. The number of nitrogens with one attached hydrogen (secondary N) is 2. The Bertz CT molecular complexity index is 1070. The number of H-pyrrole nitrogens is 1. The highest BCUT2D eigenvalue weighted by Gasteiger charge is 2.22. The largest absolute Gasteiger partial charge is 0.332 e. The lowest BCUT2D eigenvalue weighted by atomic mass is 10.2. The Morgan fingerprint density at radius 1 is 1.21 bits per heavy atom. The van der Waals surface area contributed by atoms with Crippen molar-refractivity contribution in [2.24, 2.45) is 7.05 Å². The Hall–Kier alpha value is -2.36. The smallest absolute Gasteiger partial charge is 0.237 e. The average Bonchev–Trinajstić information content (AvgIpc) is 3.47. The predicted octanol–water partition coefficient (Wildman–Crippen LogP) is 5.34. The van der Waals surface area contributed by atoms with Crippen LogP contribution in [0.25, 0.3) is 21.1 Å². The number of thioether (sulfide) groups is 1. The molecule has 150 valence electrons. The first kappa shape index (κ1) is 19.9. The first-order valence-corrected chi connectivity index (χ1v) is 11.7. The lowest BCUT2D eigenvalue weighted by Gasteiger charge is -2.11. The Labute approximate surface area is 181 Å². The van der Waals surface area contributed by atoms with Crippen molar-refractivity contribution < 1.29 is 4.79 Å². The lowest BCUT2D eigenvalue weighted by Crippen LogP contribution is -2.23. The second-order valence-corrected chi connectivity index (χ2v) is 9.86. The molecule has 6 nitrogen and oxygen atoms in total. The molecule has 0 aliphatic rings. The minimum atomic E-state index is -0.312. The van der Waals surface area contributed by atoms with Gasteiger partial charge < -0.3 is 10.3 Å². The van der Waals surface area contributed by atoms with Crippen LogP contribution in [-0.2, 0) is 11.8 Å². The van der Waals surface area contributed by atoms with E-state index in [0.717, 1.165) is 43.4 Å². The van der Waals surface area contributed by atoms with Crippen LogP contribution in [-0.4, -0.2) is 30.9 Å². The van der Waals surface area contributed by atoms with E-state index in [2.05, 4.69) is 32.9 Å². The summed E-state index contributed by atoms with van der Waals surface area (Å²) in [6, 6.07) is 8.19. The highest BCUT2D eigenvalue weighted by molar-refractivity contribution is 8.00. The van der Waals surface area contributed by atoms with Gasteiger partial charge in [0.05, 0.1) is 37.8 Å². The van der Waals surface area contributed by atoms with Gasteiger partial charge in [-0.2, -0.15) is 5.10 Å². The normalized spacial score (nSPS) is 12.3. The van der Waals surface area contributed by atoms with E-state index in [0.29, 0.717) is 0 Å². The molecule has 0 saturated heterocycles. The third-order valence-electron chi connectivity index (χ3n) is 4.62. The Kier molecular flexibility index (Phi) is 5.62. The number of carbonyl (C=O) groups excluding carboxylic acids is 1. The SMILES string of the molecule is Cc1nn(C)c(C)c1NC(=O)[C@H](C)Sc1nc(-c2cccs2)c(-c2cccs2)[nH]1. The van der Waals surface area contributed by atoms with Crippen molar-refractivity contribution in [2.75, 3.05) is 5.32 Å². The van der Waals surface area contributed by atoms with Crippen molar-refractivity contribution >= 4 is 46.0 Å². The molecule has 0 fully saturated rings. The number of rotatable bonds is 6. The summed E-state index contributed by atoms with van der Waals surface area (Å²) in [5.41, 5.74) is 4.45. The van der Waals surface area contributed by atoms with Crippen LogP contribution < -0.4 is 5.32 Å². The maximum absolute atomic E-state index is 12.8. The molecule has 0 unspecified atom stereocenters. The van der Waals surface area contributed by atoms with Gasteiger partial charge in [-0.15, -0.1) is 22.7 Å². The molecule has 4 aromatic rings. The van der Waals surface area contributed by atoms with Crippen molar-refractivity contribution in [1.29, 1.82) is 0 Å². The van der Waals surface area contributed by atoms with E-state index < -0.39 is 0 Å². The number of carbonyl (C=O) groups is 1. The van der Waals surface area contributed by atoms with E-state index in [4.69, 9.17) is 4.98 Å². The minimum Gasteiger partial charge on any atom is -0.332 e. The van der Waals surface area contributed by atoms with Gasteiger partial charge >= 0.3 is 0 Å². The van der Waals surface area contributed by atoms with Crippen LogP contribution in [0.5, 0.6) is 0 Å². The number of amides is 1. The number of aromatic amines is 1. The summed E-state index contributed by atoms with van der Waals surface area (Å²) in [5.74, 6) is -0.0686. The topological polar surface area (TPSA) is 75.6 Å². The second-order valence-electron chi connectivity index (χ2n) is 6.64. The van der Waals surface area contributed by atoms with E-state index in [9.17, 15) is 4.79 Å². The van der Waals surface area contributed by atoms with Crippen molar-refractivity contribution in [3.05, 3.63) is 46.4 Å². The molecule has 1 atom stereocenters. The molecule has 0 bridgehead atoms. The van der Waals surface area contributed by atoms with E-state index in [-0.39, 0.29) is 11.2 Å². The average molecular weight is 444 g/mol. The van der Waals surface area contributed by atoms with Gasteiger partial charge in [-0.3, -0.25) is 9.48 Å². The summed E-state index contributed by atoms with van der Waals surface area (Å²) in [6.45, 7) is 5.73. The number of aryl methyl sites for hydroxylation is 2. The first-order chi connectivity index (χ1) is 13.9. The van der Waals surface area contributed by atoms with Crippen molar-refractivity contribution in [2.45, 2.75) is 31.2 Å². The fourth-order valence-electron chi connectivity index (χ4n) is 3.00. The van der Waals surface area contributed by atoms with Gasteiger partial charge in [0, 0.05) is 7.05 Å². The van der Waals surface area contributed by atoms with Gasteiger partial charge in [0.25, 0.3) is 0 Å². The van der Waals surface area contributed by atoms with Crippen LogP contribution in [0.2, 0.25) is 0 Å². The number of anilines is 1. The number of hydrogen-bond acceptors (Lipinski definition) is 6. The molecule has 0 spiro atoms. The van der Waals surface area contributed by atoms with Crippen LogP contribution >= 0.6 is 34.4 Å².